The summed E-state index contributed by atoms with van der Waals surface area (Å²) in [6.45, 7) is 3.49. The number of nitrogens with two attached hydrogens (primary N) is 1. The summed E-state index contributed by atoms with van der Waals surface area (Å²) in [5.74, 6) is 0. The van der Waals surface area contributed by atoms with E-state index in [0.29, 0.717) is 12.8 Å². The van der Waals surface area contributed by atoms with Crippen molar-refractivity contribution in [1.29, 1.82) is 0 Å². The molecule has 1 fully saturated rings. The number of para-hydroxylation sites is 1. The quantitative estimate of drug-likeness (QED) is 0.876. The van der Waals surface area contributed by atoms with E-state index in [1.54, 1.807) is 0 Å². The minimum absolute atomic E-state index is 0. The summed E-state index contributed by atoms with van der Waals surface area (Å²) in [5.41, 5.74) is 3.98. The first kappa shape index (κ1) is 16.5. The van der Waals surface area contributed by atoms with E-state index < -0.39 is 10.0 Å². The van der Waals surface area contributed by atoms with E-state index in [4.69, 9.17) is 5.14 Å². The molecule has 0 spiro atoms. The SMILES string of the molecule is Cl.NS(=O)(=O)C1CCN(Cc2cccc3c2NCC3)CC1. The first-order valence-corrected chi connectivity index (χ1v) is 8.73. The van der Waals surface area contributed by atoms with Gasteiger partial charge in [-0.15, -0.1) is 12.4 Å². The van der Waals surface area contributed by atoms with Gasteiger partial charge in [0.1, 0.15) is 0 Å². The van der Waals surface area contributed by atoms with Gasteiger partial charge in [0.15, 0.2) is 0 Å². The predicted molar refractivity (Wildman–Crippen MR) is 87.3 cm³/mol. The smallest absolute Gasteiger partial charge is 0.212 e. The van der Waals surface area contributed by atoms with Gasteiger partial charge in [-0.3, -0.25) is 4.90 Å². The summed E-state index contributed by atoms with van der Waals surface area (Å²) in [4.78, 5) is 2.32. The van der Waals surface area contributed by atoms with E-state index >= 15 is 0 Å². The lowest BCUT2D eigenvalue weighted by molar-refractivity contribution is 0.222. The topological polar surface area (TPSA) is 75.4 Å². The minimum atomic E-state index is -3.37. The molecular formula is C14H22ClN3O2S. The molecule has 5 nitrogen and oxygen atoms in total. The van der Waals surface area contributed by atoms with Crippen molar-refractivity contribution < 1.29 is 8.42 Å². The Balaban J connectivity index is 0.00000161. The van der Waals surface area contributed by atoms with Crippen LogP contribution in [-0.2, 0) is 23.0 Å². The molecule has 0 saturated carbocycles. The van der Waals surface area contributed by atoms with Crippen molar-refractivity contribution >= 4 is 28.1 Å². The molecule has 0 atom stereocenters. The maximum atomic E-state index is 11.4. The van der Waals surface area contributed by atoms with E-state index in [0.717, 1.165) is 32.6 Å². The number of fused-ring (bicyclic) bond motifs is 1. The Morgan fingerprint density at radius 2 is 2.00 bits per heavy atom. The average Bonchev–Trinajstić information content (AvgIpc) is 2.88. The Hall–Kier alpha value is -0.820. The molecule has 118 valence electrons. The van der Waals surface area contributed by atoms with Crippen molar-refractivity contribution in [2.24, 2.45) is 5.14 Å². The zero-order valence-electron chi connectivity index (χ0n) is 11.9. The van der Waals surface area contributed by atoms with Gasteiger partial charge in [-0.05, 0) is 43.5 Å². The van der Waals surface area contributed by atoms with Crippen molar-refractivity contribution in [3.63, 3.8) is 0 Å². The van der Waals surface area contributed by atoms with E-state index in [1.807, 2.05) is 0 Å². The summed E-state index contributed by atoms with van der Waals surface area (Å²) >= 11 is 0. The second kappa shape index (κ2) is 6.52. The number of nitrogens with one attached hydrogen (secondary N) is 1. The maximum Gasteiger partial charge on any atom is 0.212 e. The third-order valence-electron chi connectivity index (χ3n) is 4.33. The number of sulfonamides is 1. The van der Waals surface area contributed by atoms with Crippen LogP contribution in [0.4, 0.5) is 5.69 Å². The van der Waals surface area contributed by atoms with Crippen LogP contribution < -0.4 is 10.5 Å². The van der Waals surface area contributed by atoms with Crippen LogP contribution in [0.25, 0.3) is 0 Å². The Kier molecular flexibility index (Phi) is 5.14. The second-order valence-corrected chi connectivity index (χ2v) is 7.54. The fourth-order valence-corrected chi connectivity index (χ4v) is 4.05. The molecule has 0 unspecified atom stereocenters. The van der Waals surface area contributed by atoms with Crippen LogP contribution in [0.2, 0.25) is 0 Å². The molecule has 0 amide bonds. The number of anilines is 1. The number of hydrogen-bond acceptors (Lipinski definition) is 4. The van der Waals surface area contributed by atoms with Crippen molar-refractivity contribution in [2.75, 3.05) is 25.0 Å². The molecule has 1 aromatic carbocycles. The van der Waals surface area contributed by atoms with Gasteiger partial charge in [-0.1, -0.05) is 18.2 Å². The molecule has 3 rings (SSSR count). The molecule has 7 heteroatoms. The van der Waals surface area contributed by atoms with Gasteiger partial charge in [0.05, 0.1) is 5.25 Å². The fraction of sp³-hybridized carbons (Fsp3) is 0.571. The zero-order valence-corrected chi connectivity index (χ0v) is 13.5. The molecule has 0 radical (unpaired) electrons. The number of hydrogen-bond donors (Lipinski definition) is 2. The van der Waals surface area contributed by atoms with Crippen LogP contribution in [0.5, 0.6) is 0 Å². The van der Waals surface area contributed by atoms with Gasteiger partial charge < -0.3 is 5.32 Å². The molecule has 2 aliphatic heterocycles. The highest BCUT2D eigenvalue weighted by Gasteiger charge is 2.27. The number of likely N-dealkylation sites (tertiary alicyclic amines) is 1. The standard InChI is InChI=1S/C14H21N3O2S.ClH/c15-20(18,19)13-5-8-17(9-6-13)10-12-3-1-2-11-4-7-16-14(11)12;/h1-3,13,16H,4-10H2,(H2,15,18,19);1H. The Morgan fingerprint density at radius 3 is 2.67 bits per heavy atom. The van der Waals surface area contributed by atoms with Crippen molar-refractivity contribution in [3.8, 4) is 0 Å². The van der Waals surface area contributed by atoms with Crippen LogP contribution >= 0.6 is 12.4 Å². The Labute approximate surface area is 132 Å². The molecule has 1 aromatic rings. The van der Waals surface area contributed by atoms with E-state index in [2.05, 4.69) is 28.4 Å². The molecule has 0 bridgehead atoms. The average molecular weight is 332 g/mol. The number of rotatable bonds is 3. The van der Waals surface area contributed by atoms with Gasteiger partial charge in [-0.25, -0.2) is 13.6 Å². The first-order chi connectivity index (χ1) is 9.54. The summed E-state index contributed by atoms with van der Waals surface area (Å²) in [7, 11) is -3.37. The van der Waals surface area contributed by atoms with Gasteiger partial charge >= 0.3 is 0 Å². The van der Waals surface area contributed by atoms with E-state index in [1.165, 1.54) is 16.8 Å². The highest BCUT2D eigenvalue weighted by Crippen LogP contribution is 2.28. The fourth-order valence-electron chi connectivity index (χ4n) is 3.18. The number of benzene rings is 1. The summed E-state index contributed by atoms with van der Waals surface area (Å²) < 4.78 is 22.7. The van der Waals surface area contributed by atoms with Gasteiger partial charge in [-0.2, -0.15) is 0 Å². The second-order valence-electron chi connectivity index (χ2n) is 5.69. The lowest BCUT2D eigenvalue weighted by atomic mass is 10.1. The van der Waals surface area contributed by atoms with E-state index in [9.17, 15) is 8.42 Å². The highest BCUT2D eigenvalue weighted by molar-refractivity contribution is 7.89. The minimum Gasteiger partial charge on any atom is -0.384 e. The van der Waals surface area contributed by atoms with Crippen molar-refractivity contribution in [1.82, 2.24) is 4.90 Å². The maximum absolute atomic E-state index is 11.4. The molecule has 1 saturated heterocycles. The van der Waals surface area contributed by atoms with Gasteiger partial charge in [0.25, 0.3) is 0 Å². The monoisotopic (exact) mass is 331 g/mol. The zero-order chi connectivity index (χ0) is 14.2. The van der Waals surface area contributed by atoms with Crippen LogP contribution in [0, 0.1) is 0 Å². The van der Waals surface area contributed by atoms with Crippen LogP contribution in [0.15, 0.2) is 18.2 Å². The van der Waals surface area contributed by atoms with Gasteiger partial charge in [0, 0.05) is 18.8 Å². The highest BCUT2D eigenvalue weighted by atomic mass is 35.5. The van der Waals surface area contributed by atoms with Crippen LogP contribution in [-0.4, -0.2) is 38.2 Å². The van der Waals surface area contributed by atoms with Gasteiger partial charge in [0.2, 0.25) is 10.0 Å². The molecule has 2 aliphatic rings. The molecular weight excluding hydrogens is 310 g/mol. The van der Waals surface area contributed by atoms with Crippen LogP contribution in [0.3, 0.4) is 0 Å². The summed E-state index contributed by atoms with van der Waals surface area (Å²) in [5, 5.41) is 8.31. The molecule has 3 N–H and O–H groups in total. The first-order valence-electron chi connectivity index (χ1n) is 7.12. The Bertz CT molecular complexity index is 598. The van der Waals surface area contributed by atoms with Crippen molar-refractivity contribution in [3.05, 3.63) is 29.3 Å². The number of nitrogens with zero attached hydrogens (tertiary/aromatic N) is 1. The molecule has 0 aliphatic carbocycles. The number of halogens is 1. The van der Waals surface area contributed by atoms with Crippen LogP contribution in [0.1, 0.15) is 24.0 Å². The summed E-state index contributed by atoms with van der Waals surface area (Å²) in [6.07, 6.45) is 2.37. The lowest BCUT2D eigenvalue weighted by Crippen LogP contribution is -2.41. The molecule has 0 aromatic heterocycles. The van der Waals surface area contributed by atoms with Crippen molar-refractivity contribution in [2.45, 2.75) is 31.1 Å². The third-order valence-corrected chi connectivity index (χ3v) is 5.73. The van der Waals surface area contributed by atoms with E-state index in [-0.39, 0.29) is 17.7 Å². The molecule has 2 heterocycles. The predicted octanol–water partition coefficient (Wildman–Crippen LogP) is 1.33. The number of piperidine rings is 1. The summed E-state index contributed by atoms with van der Waals surface area (Å²) in [6, 6.07) is 6.44. The number of primary sulfonamides is 1. The largest absolute Gasteiger partial charge is 0.384 e. The third kappa shape index (κ3) is 3.69. The lowest BCUT2D eigenvalue weighted by Gasteiger charge is -2.31. The normalized spacial score (nSPS) is 19.7. The Morgan fingerprint density at radius 1 is 1.29 bits per heavy atom. The molecule has 21 heavy (non-hydrogen) atoms.